The standard InChI is InChI=1S/C28H20Cl2N2O7/c29-20-6-13-26(25(30)15-20)37-17-27(33)31-21-7-4-19(5-8-21)28(34)38-16-18-2-1-3-24(14-18)39-23-11-9-22(10-12-23)32(35)36/h1-15H,16-17H2,(H,31,33). The van der Waals surface area contributed by atoms with Crippen molar-refractivity contribution in [3.05, 3.63) is 122 Å². The molecule has 0 atom stereocenters. The van der Waals surface area contributed by atoms with Crippen LogP contribution in [0.4, 0.5) is 11.4 Å². The molecule has 1 N–H and O–H groups in total. The van der Waals surface area contributed by atoms with Crippen molar-refractivity contribution in [1.29, 1.82) is 0 Å². The number of carbonyl (C=O) groups excluding carboxylic acids is 2. The molecule has 1 amide bonds. The first-order chi connectivity index (χ1) is 18.8. The summed E-state index contributed by atoms with van der Waals surface area (Å²) in [6, 6.07) is 23.5. The third-order valence-corrected chi connectivity index (χ3v) is 5.74. The summed E-state index contributed by atoms with van der Waals surface area (Å²) in [5.74, 6) is 0.294. The highest BCUT2D eigenvalue weighted by atomic mass is 35.5. The first-order valence-electron chi connectivity index (χ1n) is 11.4. The lowest BCUT2D eigenvalue weighted by Crippen LogP contribution is -2.20. The van der Waals surface area contributed by atoms with Crippen molar-refractivity contribution in [1.82, 2.24) is 0 Å². The summed E-state index contributed by atoms with van der Waals surface area (Å²) in [5, 5.41) is 14.2. The van der Waals surface area contributed by atoms with Crippen LogP contribution in [0.3, 0.4) is 0 Å². The maximum atomic E-state index is 12.5. The number of hydrogen-bond donors (Lipinski definition) is 1. The molecule has 39 heavy (non-hydrogen) atoms. The molecule has 0 spiro atoms. The highest BCUT2D eigenvalue weighted by Crippen LogP contribution is 2.28. The number of anilines is 1. The van der Waals surface area contributed by atoms with Gasteiger partial charge in [-0.3, -0.25) is 14.9 Å². The highest BCUT2D eigenvalue weighted by Gasteiger charge is 2.11. The number of nitrogens with zero attached hydrogens (tertiary/aromatic N) is 1. The maximum Gasteiger partial charge on any atom is 0.338 e. The Hall–Kier alpha value is -4.60. The molecule has 0 saturated heterocycles. The fourth-order valence-corrected chi connectivity index (χ4v) is 3.79. The van der Waals surface area contributed by atoms with Crippen molar-refractivity contribution in [3.8, 4) is 17.2 Å². The van der Waals surface area contributed by atoms with E-state index in [-0.39, 0.29) is 18.9 Å². The predicted molar refractivity (Wildman–Crippen MR) is 146 cm³/mol. The molecule has 11 heteroatoms. The number of ether oxygens (including phenoxy) is 3. The lowest BCUT2D eigenvalue weighted by molar-refractivity contribution is -0.384. The van der Waals surface area contributed by atoms with Gasteiger partial charge in [-0.15, -0.1) is 0 Å². The average molecular weight is 567 g/mol. The van der Waals surface area contributed by atoms with Gasteiger partial charge < -0.3 is 19.5 Å². The Morgan fingerprint density at radius 2 is 1.62 bits per heavy atom. The van der Waals surface area contributed by atoms with Crippen LogP contribution < -0.4 is 14.8 Å². The number of hydrogen-bond acceptors (Lipinski definition) is 7. The van der Waals surface area contributed by atoms with Gasteiger partial charge in [0.1, 0.15) is 23.9 Å². The van der Waals surface area contributed by atoms with Crippen LogP contribution in [0.5, 0.6) is 17.2 Å². The molecule has 0 radical (unpaired) electrons. The smallest absolute Gasteiger partial charge is 0.338 e. The zero-order valence-corrected chi connectivity index (χ0v) is 21.6. The molecule has 0 unspecified atom stereocenters. The third-order valence-electron chi connectivity index (χ3n) is 5.21. The molecule has 0 aliphatic heterocycles. The number of benzene rings is 4. The van der Waals surface area contributed by atoms with E-state index in [1.165, 1.54) is 42.5 Å². The number of nitro benzene ring substituents is 1. The second-order valence-corrected chi connectivity index (χ2v) is 8.91. The number of halogens is 2. The Kier molecular flexibility index (Phi) is 8.98. The van der Waals surface area contributed by atoms with E-state index in [4.69, 9.17) is 37.4 Å². The molecule has 0 heterocycles. The predicted octanol–water partition coefficient (Wildman–Crippen LogP) is 7.07. The number of nitro groups is 1. The molecule has 0 saturated carbocycles. The van der Waals surface area contributed by atoms with Crippen LogP contribution in [0.25, 0.3) is 0 Å². The van der Waals surface area contributed by atoms with Gasteiger partial charge in [-0.05, 0) is 72.3 Å². The molecule has 0 bridgehead atoms. The van der Waals surface area contributed by atoms with Gasteiger partial charge in [0.05, 0.1) is 15.5 Å². The third kappa shape index (κ3) is 7.94. The quantitative estimate of drug-likeness (QED) is 0.124. The van der Waals surface area contributed by atoms with Gasteiger partial charge in [-0.1, -0.05) is 35.3 Å². The Morgan fingerprint density at radius 3 is 2.31 bits per heavy atom. The first-order valence-corrected chi connectivity index (χ1v) is 12.2. The van der Waals surface area contributed by atoms with E-state index < -0.39 is 16.8 Å². The van der Waals surface area contributed by atoms with Crippen molar-refractivity contribution < 1.29 is 28.7 Å². The normalized spacial score (nSPS) is 10.4. The van der Waals surface area contributed by atoms with E-state index in [2.05, 4.69) is 5.32 Å². The molecule has 0 aromatic heterocycles. The summed E-state index contributed by atoms with van der Waals surface area (Å²) in [7, 11) is 0. The van der Waals surface area contributed by atoms with Gasteiger partial charge in [0, 0.05) is 22.8 Å². The summed E-state index contributed by atoms with van der Waals surface area (Å²) in [4.78, 5) is 35.0. The van der Waals surface area contributed by atoms with Gasteiger partial charge in [0.15, 0.2) is 6.61 Å². The topological polar surface area (TPSA) is 117 Å². The SMILES string of the molecule is O=C(COc1ccc(Cl)cc1Cl)Nc1ccc(C(=O)OCc2cccc(Oc3ccc([N+](=O)[O-])cc3)c2)cc1. The zero-order valence-electron chi connectivity index (χ0n) is 20.1. The number of rotatable bonds is 10. The monoisotopic (exact) mass is 566 g/mol. The van der Waals surface area contributed by atoms with Crippen LogP contribution in [-0.2, 0) is 16.1 Å². The van der Waals surface area contributed by atoms with Gasteiger partial charge in [0.2, 0.25) is 0 Å². The lowest BCUT2D eigenvalue weighted by atomic mass is 10.2. The van der Waals surface area contributed by atoms with Crippen molar-refractivity contribution in [2.75, 3.05) is 11.9 Å². The van der Waals surface area contributed by atoms with Gasteiger partial charge >= 0.3 is 5.97 Å². The van der Waals surface area contributed by atoms with Gasteiger partial charge in [-0.25, -0.2) is 4.79 Å². The largest absolute Gasteiger partial charge is 0.482 e. The van der Waals surface area contributed by atoms with E-state index in [0.29, 0.717) is 44.1 Å². The number of non-ortho nitro benzene ring substituents is 1. The molecule has 4 aromatic carbocycles. The maximum absolute atomic E-state index is 12.5. The number of esters is 1. The molecule has 0 fully saturated rings. The zero-order chi connectivity index (χ0) is 27.8. The number of nitrogens with one attached hydrogen (secondary N) is 1. The van der Waals surface area contributed by atoms with Crippen molar-refractivity contribution >= 4 is 46.5 Å². The summed E-state index contributed by atoms with van der Waals surface area (Å²) < 4.78 is 16.5. The van der Waals surface area contributed by atoms with Crippen LogP contribution >= 0.6 is 23.2 Å². The number of carbonyl (C=O) groups is 2. The molecule has 4 rings (SSSR count). The fraction of sp³-hybridized carbons (Fsp3) is 0.0714. The molecular weight excluding hydrogens is 547 g/mol. The van der Waals surface area contributed by atoms with Crippen LogP contribution in [0.1, 0.15) is 15.9 Å². The Bertz CT molecular complexity index is 1490. The highest BCUT2D eigenvalue weighted by molar-refractivity contribution is 6.35. The van der Waals surface area contributed by atoms with Crippen molar-refractivity contribution in [3.63, 3.8) is 0 Å². The minimum atomic E-state index is -0.546. The molecule has 0 aliphatic carbocycles. The Balaban J connectivity index is 1.26. The lowest BCUT2D eigenvalue weighted by Gasteiger charge is -2.10. The molecule has 198 valence electrons. The molecule has 9 nitrogen and oxygen atoms in total. The van der Waals surface area contributed by atoms with E-state index in [1.54, 1.807) is 48.5 Å². The minimum Gasteiger partial charge on any atom is -0.482 e. The van der Waals surface area contributed by atoms with Gasteiger partial charge in [0.25, 0.3) is 11.6 Å². The van der Waals surface area contributed by atoms with Crippen molar-refractivity contribution in [2.45, 2.75) is 6.61 Å². The fourth-order valence-electron chi connectivity index (χ4n) is 3.33. The van der Waals surface area contributed by atoms with E-state index in [1.807, 2.05) is 0 Å². The summed E-state index contributed by atoms with van der Waals surface area (Å²) in [5.41, 5.74) is 1.42. The Morgan fingerprint density at radius 1 is 0.872 bits per heavy atom. The van der Waals surface area contributed by atoms with Gasteiger partial charge in [-0.2, -0.15) is 0 Å². The van der Waals surface area contributed by atoms with Crippen LogP contribution in [0.2, 0.25) is 10.0 Å². The average Bonchev–Trinajstić information content (AvgIpc) is 2.92. The minimum absolute atomic E-state index is 0.000616. The van der Waals surface area contributed by atoms with E-state index >= 15 is 0 Å². The van der Waals surface area contributed by atoms with Crippen LogP contribution in [0, 0.1) is 10.1 Å². The molecular formula is C28H20Cl2N2O7. The second kappa shape index (κ2) is 12.8. The van der Waals surface area contributed by atoms with E-state index in [9.17, 15) is 19.7 Å². The number of amides is 1. The summed E-state index contributed by atoms with van der Waals surface area (Å²) >= 11 is 11.9. The molecule has 4 aromatic rings. The molecule has 0 aliphatic rings. The second-order valence-electron chi connectivity index (χ2n) is 8.07. The van der Waals surface area contributed by atoms with Crippen LogP contribution in [-0.4, -0.2) is 23.4 Å². The van der Waals surface area contributed by atoms with E-state index in [0.717, 1.165) is 0 Å². The summed E-state index contributed by atoms with van der Waals surface area (Å²) in [6.07, 6.45) is 0. The Labute approximate surface area is 233 Å². The summed E-state index contributed by atoms with van der Waals surface area (Å²) in [6.45, 7) is -0.266. The van der Waals surface area contributed by atoms with Crippen molar-refractivity contribution in [2.24, 2.45) is 0 Å². The van der Waals surface area contributed by atoms with Crippen LogP contribution in [0.15, 0.2) is 91.0 Å². The first kappa shape index (κ1) is 27.4.